The summed E-state index contributed by atoms with van der Waals surface area (Å²) in [6, 6.07) is 0. The molecule has 0 fully saturated rings. The van der Waals surface area contributed by atoms with Crippen LogP contribution in [0.4, 0.5) is 0 Å². The molecule has 2 unspecified atom stereocenters. The third-order valence-electron chi connectivity index (χ3n) is 2.85. The second-order valence-electron chi connectivity index (χ2n) is 4.80. The van der Waals surface area contributed by atoms with Crippen molar-refractivity contribution in [2.24, 2.45) is 17.8 Å². The van der Waals surface area contributed by atoms with Gasteiger partial charge in [-0.15, -0.1) is 0 Å². The maximum atomic E-state index is 2.42. The van der Waals surface area contributed by atoms with Gasteiger partial charge in [0.2, 0.25) is 0 Å². The monoisotopic (exact) mass is 181 g/mol. The van der Waals surface area contributed by atoms with Gasteiger partial charge in [0.25, 0.3) is 0 Å². The van der Waals surface area contributed by atoms with E-state index in [9.17, 15) is 0 Å². The zero-order valence-corrected chi connectivity index (χ0v) is 10.1. The smallest absolute Gasteiger partial charge is 0.0920 e. The second-order valence-corrected chi connectivity index (χ2v) is 4.80. The van der Waals surface area contributed by atoms with Crippen molar-refractivity contribution < 1.29 is 0 Å². The van der Waals surface area contributed by atoms with Crippen LogP contribution in [0.2, 0.25) is 13.1 Å². The molecule has 2 atom stereocenters. The van der Waals surface area contributed by atoms with Crippen molar-refractivity contribution in [2.45, 2.75) is 60.1 Å². The lowest BCUT2D eigenvalue weighted by molar-refractivity contribution is 0.306. The summed E-state index contributed by atoms with van der Waals surface area (Å²) < 4.78 is 0. The van der Waals surface area contributed by atoms with Crippen molar-refractivity contribution in [2.75, 3.05) is 0 Å². The van der Waals surface area contributed by atoms with E-state index in [4.69, 9.17) is 0 Å². The standard InChI is InChI=1S/C12H26B/c1-6-7-12(9-13-5)11(4)8-10(2)3/h10-12H,6-9H2,1-5H3. The van der Waals surface area contributed by atoms with Gasteiger partial charge in [0, 0.05) is 0 Å². The van der Waals surface area contributed by atoms with Gasteiger partial charge in [-0.2, -0.15) is 0 Å². The van der Waals surface area contributed by atoms with Gasteiger partial charge in [0.15, 0.2) is 0 Å². The van der Waals surface area contributed by atoms with E-state index < -0.39 is 0 Å². The molecule has 13 heavy (non-hydrogen) atoms. The molecule has 0 aliphatic rings. The third kappa shape index (κ3) is 6.18. The molecule has 0 saturated heterocycles. The van der Waals surface area contributed by atoms with Crippen molar-refractivity contribution in [3.05, 3.63) is 0 Å². The van der Waals surface area contributed by atoms with E-state index in [1.807, 2.05) is 0 Å². The Morgan fingerprint density at radius 3 is 2.15 bits per heavy atom. The summed E-state index contributed by atoms with van der Waals surface area (Å²) in [5.74, 6) is 2.68. The van der Waals surface area contributed by atoms with Gasteiger partial charge in [0.05, 0.1) is 0 Å². The Hall–Kier alpha value is 0.0649. The normalized spacial score (nSPS) is 15.8. The van der Waals surface area contributed by atoms with Gasteiger partial charge in [0.1, 0.15) is 7.28 Å². The van der Waals surface area contributed by atoms with Crippen molar-refractivity contribution in [3.63, 3.8) is 0 Å². The molecule has 0 aromatic heterocycles. The Bertz CT molecular complexity index is 104. The summed E-state index contributed by atoms with van der Waals surface area (Å²) in [7, 11) is 2.33. The minimum atomic E-state index is 0.853. The molecule has 0 N–H and O–H groups in total. The molecule has 1 radical (unpaired) electrons. The molecule has 0 spiro atoms. The van der Waals surface area contributed by atoms with Gasteiger partial charge in [-0.05, 0) is 24.2 Å². The van der Waals surface area contributed by atoms with E-state index >= 15 is 0 Å². The summed E-state index contributed by atoms with van der Waals surface area (Å²) in [4.78, 5) is 0. The van der Waals surface area contributed by atoms with Gasteiger partial charge < -0.3 is 0 Å². The minimum absolute atomic E-state index is 0.853. The first-order chi connectivity index (χ1) is 6.11. The van der Waals surface area contributed by atoms with Crippen LogP contribution in [0.25, 0.3) is 0 Å². The van der Waals surface area contributed by atoms with Crippen molar-refractivity contribution >= 4 is 7.28 Å². The van der Waals surface area contributed by atoms with Crippen LogP contribution >= 0.6 is 0 Å². The number of hydrogen-bond donors (Lipinski definition) is 0. The molecule has 0 rings (SSSR count). The predicted molar refractivity (Wildman–Crippen MR) is 63.4 cm³/mol. The lowest BCUT2D eigenvalue weighted by atomic mass is 9.67. The molecule has 0 aromatic rings. The zero-order chi connectivity index (χ0) is 10.3. The molecular formula is C12H26B. The van der Waals surface area contributed by atoms with Gasteiger partial charge in [-0.3, -0.25) is 0 Å². The summed E-state index contributed by atoms with van der Waals surface area (Å²) in [5.41, 5.74) is 0. The highest BCUT2D eigenvalue weighted by atomic mass is 14.2. The first-order valence-corrected chi connectivity index (χ1v) is 5.89. The highest BCUT2D eigenvalue weighted by molar-refractivity contribution is 6.33. The van der Waals surface area contributed by atoms with E-state index in [0.29, 0.717) is 0 Å². The Balaban J connectivity index is 3.86. The maximum absolute atomic E-state index is 2.42. The summed E-state index contributed by atoms with van der Waals surface area (Å²) in [5, 5.41) is 0. The van der Waals surface area contributed by atoms with E-state index in [1.54, 1.807) is 0 Å². The first kappa shape index (κ1) is 13.1. The maximum Gasteiger partial charge on any atom is 0.106 e. The van der Waals surface area contributed by atoms with E-state index in [-0.39, 0.29) is 0 Å². The van der Waals surface area contributed by atoms with Crippen LogP contribution in [0.3, 0.4) is 0 Å². The minimum Gasteiger partial charge on any atom is -0.0920 e. The molecule has 0 amide bonds. The van der Waals surface area contributed by atoms with Crippen LogP contribution in [-0.2, 0) is 0 Å². The average molecular weight is 181 g/mol. The van der Waals surface area contributed by atoms with Crippen LogP contribution < -0.4 is 0 Å². The molecule has 0 aliphatic carbocycles. The predicted octanol–water partition coefficient (Wildman–Crippen LogP) is 4.26. The van der Waals surface area contributed by atoms with E-state index in [0.717, 1.165) is 17.8 Å². The van der Waals surface area contributed by atoms with Crippen molar-refractivity contribution in [1.29, 1.82) is 0 Å². The Morgan fingerprint density at radius 2 is 1.77 bits per heavy atom. The third-order valence-corrected chi connectivity index (χ3v) is 2.85. The molecule has 0 bridgehead atoms. The first-order valence-electron chi connectivity index (χ1n) is 5.89. The van der Waals surface area contributed by atoms with Crippen molar-refractivity contribution in [3.8, 4) is 0 Å². The molecule has 1 heteroatoms. The fourth-order valence-corrected chi connectivity index (χ4v) is 2.24. The molecule has 0 nitrogen and oxygen atoms in total. The molecular weight excluding hydrogens is 155 g/mol. The molecule has 0 aromatic carbocycles. The summed E-state index contributed by atoms with van der Waals surface area (Å²) >= 11 is 0. The molecule has 0 aliphatic heterocycles. The Kier molecular flexibility index (Phi) is 7.50. The van der Waals surface area contributed by atoms with E-state index in [2.05, 4.69) is 41.8 Å². The largest absolute Gasteiger partial charge is 0.106 e. The van der Waals surface area contributed by atoms with E-state index in [1.165, 1.54) is 25.6 Å². The fourth-order valence-electron chi connectivity index (χ4n) is 2.24. The fraction of sp³-hybridized carbons (Fsp3) is 1.00. The second kappa shape index (κ2) is 7.47. The molecule has 0 heterocycles. The quantitative estimate of drug-likeness (QED) is 0.515. The van der Waals surface area contributed by atoms with Gasteiger partial charge >= 0.3 is 0 Å². The molecule has 0 saturated carbocycles. The topological polar surface area (TPSA) is 0 Å². The highest BCUT2D eigenvalue weighted by Crippen LogP contribution is 2.26. The van der Waals surface area contributed by atoms with Crippen LogP contribution in [-0.4, -0.2) is 7.28 Å². The van der Waals surface area contributed by atoms with Crippen LogP contribution in [0.1, 0.15) is 47.0 Å². The summed E-state index contributed by atoms with van der Waals surface area (Å²) in [6.45, 7) is 11.6. The molecule has 77 valence electrons. The van der Waals surface area contributed by atoms with Crippen LogP contribution in [0.5, 0.6) is 0 Å². The lowest BCUT2D eigenvalue weighted by Crippen LogP contribution is -2.15. The average Bonchev–Trinajstić information content (AvgIpc) is 2.02. The summed E-state index contributed by atoms with van der Waals surface area (Å²) in [6.07, 6.45) is 5.43. The zero-order valence-electron chi connectivity index (χ0n) is 10.1. The Labute approximate surface area is 85.7 Å². The van der Waals surface area contributed by atoms with Crippen LogP contribution in [0.15, 0.2) is 0 Å². The van der Waals surface area contributed by atoms with Crippen LogP contribution in [0, 0.1) is 17.8 Å². The number of hydrogen-bond acceptors (Lipinski definition) is 0. The van der Waals surface area contributed by atoms with Crippen molar-refractivity contribution in [1.82, 2.24) is 0 Å². The Morgan fingerprint density at radius 1 is 1.15 bits per heavy atom. The SMILES string of the molecule is C[B]CC(CCC)C(C)CC(C)C. The van der Waals surface area contributed by atoms with Gasteiger partial charge in [-0.25, -0.2) is 0 Å². The highest BCUT2D eigenvalue weighted by Gasteiger charge is 2.16. The number of rotatable bonds is 7. The van der Waals surface area contributed by atoms with Gasteiger partial charge in [-0.1, -0.05) is 53.7 Å². The lowest BCUT2D eigenvalue weighted by Gasteiger charge is -2.24.